The quantitative estimate of drug-likeness (QED) is 0.825. The van der Waals surface area contributed by atoms with E-state index in [0.29, 0.717) is 6.04 Å². The van der Waals surface area contributed by atoms with E-state index in [1.54, 1.807) is 0 Å². The number of benzene rings is 1. The van der Waals surface area contributed by atoms with Crippen LogP contribution < -0.4 is 4.90 Å². The summed E-state index contributed by atoms with van der Waals surface area (Å²) in [6, 6.07) is 8.89. The molecule has 4 heteroatoms. The lowest BCUT2D eigenvalue weighted by Crippen LogP contribution is -2.49. The molecule has 1 aromatic carbocycles. The van der Waals surface area contributed by atoms with Gasteiger partial charge in [-0.1, -0.05) is 12.1 Å². The second kappa shape index (κ2) is 7.18. The molecule has 4 nitrogen and oxygen atoms in total. The fourth-order valence-electron chi connectivity index (χ4n) is 4.19. The molecule has 0 aliphatic carbocycles. The zero-order valence-electron chi connectivity index (χ0n) is 17.0. The van der Waals surface area contributed by atoms with Gasteiger partial charge in [-0.3, -0.25) is 4.79 Å². The van der Waals surface area contributed by atoms with Gasteiger partial charge in [-0.15, -0.1) is 0 Å². The molecular weight excluding hydrogens is 322 g/mol. The number of nitrogens with zero attached hydrogens (tertiary/aromatic N) is 3. The van der Waals surface area contributed by atoms with Gasteiger partial charge in [-0.25, -0.2) is 0 Å². The van der Waals surface area contributed by atoms with Crippen molar-refractivity contribution in [1.82, 2.24) is 9.47 Å². The van der Waals surface area contributed by atoms with Crippen LogP contribution in [0.25, 0.3) is 0 Å². The van der Waals surface area contributed by atoms with Crippen LogP contribution in [-0.2, 0) is 0 Å². The number of hydrogen-bond acceptors (Lipinski definition) is 2. The Balaban J connectivity index is 1.73. The van der Waals surface area contributed by atoms with E-state index in [9.17, 15) is 4.79 Å². The van der Waals surface area contributed by atoms with Crippen LogP contribution in [0.2, 0.25) is 0 Å². The molecule has 1 aliphatic rings. The molecule has 2 aromatic rings. The molecule has 2 heterocycles. The fourth-order valence-corrected chi connectivity index (χ4v) is 4.19. The Bertz CT molecular complexity index is 811. The molecule has 0 saturated carbocycles. The average molecular weight is 354 g/mol. The number of hydrogen-bond donors (Lipinski definition) is 0. The third-order valence-electron chi connectivity index (χ3n) is 5.71. The topological polar surface area (TPSA) is 28.5 Å². The molecule has 0 N–H and O–H groups in total. The van der Waals surface area contributed by atoms with Crippen molar-refractivity contribution in [1.29, 1.82) is 0 Å². The number of piperazine rings is 1. The summed E-state index contributed by atoms with van der Waals surface area (Å²) in [4.78, 5) is 17.5. The predicted octanol–water partition coefficient (Wildman–Crippen LogP) is 4.27. The molecule has 0 bridgehead atoms. The Morgan fingerprint density at radius 1 is 1.00 bits per heavy atom. The van der Waals surface area contributed by atoms with Crippen LogP contribution in [-0.4, -0.2) is 41.6 Å². The number of aromatic nitrogens is 1. The molecular formula is C22H31N3O. The minimum absolute atomic E-state index is 0.172. The first-order valence-electron chi connectivity index (χ1n) is 9.60. The first-order valence-corrected chi connectivity index (χ1v) is 9.60. The molecule has 26 heavy (non-hydrogen) atoms. The van der Waals surface area contributed by atoms with E-state index in [1.165, 1.54) is 16.8 Å². The number of amides is 1. The van der Waals surface area contributed by atoms with Gasteiger partial charge in [0.05, 0.1) is 5.56 Å². The molecule has 1 saturated heterocycles. The zero-order chi connectivity index (χ0) is 19.0. The van der Waals surface area contributed by atoms with Crippen LogP contribution in [0.3, 0.4) is 0 Å². The molecule has 3 rings (SSSR count). The number of carbonyl (C=O) groups excluding carboxylic acids is 1. The summed E-state index contributed by atoms with van der Waals surface area (Å²) in [5.74, 6) is 0.172. The second-order valence-electron chi connectivity index (χ2n) is 7.75. The lowest BCUT2D eigenvalue weighted by atomic mass is 10.1. The lowest BCUT2D eigenvalue weighted by molar-refractivity contribution is 0.0746. The number of rotatable bonds is 3. The van der Waals surface area contributed by atoms with E-state index < -0.39 is 0 Å². The highest BCUT2D eigenvalue weighted by Crippen LogP contribution is 2.25. The van der Waals surface area contributed by atoms with Gasteiger partial charge in [-0.2, -0.15) is 0 Å². The highest BCUT2D eigenvalue weighted by atomic mass is 16.2. The maximum atomic E-state index is 13.1. The fraction of sp³-hybridized carbons (Fsp3) is 0.500. The first-order chi connectivity index (χ1) is 12.3. The van der Waals surface area contributed by atoms with Crippen molar-refractivity contribution in [3.63, 3.8) is 0 Å². The van der Waals surface area contributed by atoms with Gasteiger partial charge in [0.1, 0.15) is 0 Å². The van der Waals surface area contributed by atoms with Crippen molar-refractivity contribution in [3.8, 4) is 0 Å². The van der Waals surface area contributed by atoms with Crippen LogP contribution in [0.15, 0.2) is 24.3 Å². The van der Waals surface area contributed by atoms with Crippen molar-refractivity contribution in [2.24, 2.45) is 0 Å². The van der Waals surface area contributed by atoms with Crippen molar-refractivity contribution >= 4 is 11.6 Å². The molecule has 140 valence electrons. The van der Waals surface area contributed by atoms with E-state index in [4.69, 9.17) is 0 Å². The summed E-state index contributed by atoms with van der Waals surface area (Å²) in [6.45, 7) is 16.1. The first kappa shape index (κ1) is 18.6. The predicted molar refractivity (Wildman–Crippen MR) is 108 cm³/mol. The van der Waals surface area contributed by atoms with Crippen molar-refractivity contribution < 1.29 is 4.79 Å². The van der Waals surface area contributed by atoms with E-state index in [2.05, 4.69) is 75.3 Å². The smallest absolute Gasteiger partial charge is 0.255 e. The number of carbonyl (C=O) groups is 1. The van der Waals surface area contributed by atoms with E-state index in [0.717, 1.165) is 43.1 Å². The van der Waals surface area contributed by atoms with Crippen molar-refractivity contribution in [2.45, 2.75) is 47.6 Å². The molecule has 1 aromatic heterocycles. The molecule has 0 unspecified atom stereocenters. The summed E-state index contributed by atoms with van der Waals surface area (Å²) in [5.41, 5.74) is 7.07. The van der Waals surface area contributed by atoms with Gasteiger partial charge in [0.15, 0.2) is 0 Å². The summed E-state index contributed by atoms with van der Waals surface area (Å²) in [6.07, 6.45) is 0. The van der Waals surface area contributed by atoms with E-state index in [1.807, 2.05) is 4.90 Å². The zero-order valence-corrected chi connectivity index (χ0v) is 17.0. The standard InChI is InChI=1S/C22H31N3O/c1-15(2)25-17(4)14-20(19(25)6)22(26)24-12-10-23(11-13-24)21-9-7-8-16(3)18(21)5/h7-9,14-15H,10-13H2,1-6H3. The van der Waals surface area contributed by atoms with Crippen molar-refractivity contribution in [2.75, 3.05) is 31.1 Å². The Hall–Kier alpha value is -2.23. The average Bonchev–Trinajstić information content (AvgIpc) is 2.91. The summed E-state index contributed by atoms with van der Waals surface area (Å²) in [7, 11) is 0. The Kier molecular flexibility index (Phi) is 5.12. The molecule has 0 radical (unpaired) electrons. The third-order valence-corrected chi connectivity index (χ3v) is 5.71. The van der Waals surface area contributed by atoms with Crippen LogP contribution in [0.1, 0.15) is 52.8 Å². The highest BCUT2D eigenvalue weighted by Gasteiger charge is 2.26. The van der Waals surface area contributed by atoms with Gasteiger partial charge in [0.2, 0.25) is 0 Å². The van der Waals surface area contributed by atoms with Crippen LogP contribution >= 0.6 is 0 Å². The SMILES string of the molecule is Cc1cccc(N2CCN(C(=O)c3cc(C)n(C(C)C)c3C)CC2)c1C. The molecule has 0 atom stereocenters. The normalized spacial score (nSPS) is 15.0. The maximum absolute atomic E-state index is 13.1. The Morgan fingerprint density at radius 2 is 1.65 bits per heavy atom. The largest absolute Gasteiger partial charge is 0.368 e. The maximum Gasteiger partial charge on any atom is 0.255 e. The third kappa shape index (κ3) is 3.25. The van der Waals surface area contributed by atoms with E-state index >= 15 is 0 Å². The minimum atomic E-state index is 0.172. The minimum Gasteiger partial charge on any atom is -0.368 e. The van der Waals surface area contributed by atoms with Gasteiger partial charge in [0, 0.05) is 49.3 Å². The molecule has 1 fully saturated rings. The molecule has 1 aliphatic heterocycles. The highest BCUT2D eigenvalue weighted by molar-refractivity contribution is 5.96. The number of anilines is 1. The molecule has 0 spiro atoms. The van der Waals surface area contributed by atoms with Gasteiger partial charge < -0.3 is 14.4 Å². The lowest BCUT2D eigenvalue weighted by Gasteiger charge is -2.37. The number of aryl methyl sites for hydroxylation is 2. The van der Waals surface area contributed by atoms with E-state index in [-0.39, 0.29) is 5.91 Å². The van der Waals surface area contributed by atoms with Gasteiger partial charge >= 0.3 is 0 Å². The van der Waals surface area contributed by atoms with Crippen LogP contribution in [0, 0.1) is 27.7 Å². The van der Waals surface area contributed by atoms with Gasteiger partial charge in [0.25, 0.3) is 5.91 Å². The van der Waals surface area contributed by atoms with Crippen LogP contribution in [0.4, 0.5) is 5.69 Å². The summed E-state index contributed by atoms with van der Waals surface area (Å²) < 4.78 is 2.25. The Morgan fingerprint density at radius 3 is 2.23 bits per heavy atom. The Labute approximate surface area is 157 Å². The van der Waals surface area contributed by atoms with Crippen LogP contribution in [0.5, 0.6) is 0 Å². The second-order valence-corrected chi connectivity index (χ2v) is 7.75. The summed E-state index contributed by atoms with van der Waals surface area (Å²) in [5, 5.41) is 0. The van der Waals surface area contributed by atoms with Crippen molar-refractivity contribution in [3.05, 3.63) is 52.3 Å². The molecule has 1 amide bonds. The monoisotopic (exact) mass is 353 g/mol. The van der Waals surface area contributed by atoms with Gasteiger partial charge in [-0.05, 0) is 64.8 Å². The summed E-state index contributed by atoms with van der Waals surface area (Å²) >= 11 is 0.